The van der Waals surface area contributed by atoms with Gasteiger partial charge in [0, 0.05) is 39.2 Å². The molecule has 0 bridgehead atoms. The quantitative estimate of drug-likeness (QED) is 0.868. The largest absolute Gasteiger partial charge is 0.386 e. The van der Waals surface area contributed by atoms with Gasteiger partial charge in [0.1, 0.15) is 5.69 Å². The van der Waals surface area contributed by atoms with Crippen molar-refractivity contribution in [2.75, 3.05) is 31.6 Å². The van der Waals surface area contributed by atoms with E-state index in [1.807, 2.05) is 4.90 Å². The second-order valence-corrected chi connectivity index (χ2v) is 6.33. The summed E-state index contributed by atoms with van der Waals surface area (Å²) in [7, 11) is 3.45. The van der Waals surface area contributed by atoms with Crippen LogP contribution in [0.3, 0.4) is 0 Å². The van der Waals surface area contributed by atoms with Gasteiger partial charge in [-0.05, 0) is 25.0 Å². The number of nitrogens with zero attached hydrogens (tertiary/aromatic N) is 6. The number of carbonyl (C=O) groups excluding carboxylic acids is 1. The highest BCUT2D eigenvalue weighted by molar-refractivity contribution is 5.92. The van der Waals surface area contributed by atoms with Crippen LogP contribution in [0.5, 0.6) is 0 Å². The Morgan fingerprint density at radius 1 is 1.42 bits per heavy atom. The maximum absolute atomic E-state index is 12.4. The molecule has 1 saturated heterocycles. The SMILES string of the molecule is CN(C[C@@]1(O)CCCN(c2ncccn2)C1)C(=O)c1ccn(C)n1. The third kappa shape index (κ3) is 3.53. The second kappa shape index (κ2) is 6.56. The minimum atomic E-state index is -0.989. The number of piperidine rings is 1. The molecule has 8 nitrogen and oxygen atoms in total. The van der Waals surface area contributed by atoms with Gasteiger partial charge in [-0.3, -0.25) is 9.48 Å². The smallest absolute Gasteiger partial charge is 0.274 e. The van der Waals surface area contributed by atoms with Crippen molar-refractivity contribution in [3.63, 3.8) is 0 Å². The minimum absolute atomic E-state index is 0.197. The lowest BCUT2D eigenvalue weighted by Gasteiger charge is -2.41. The Hall–Kier alpha value is -2.48. The van der Waals surface area contributed by atoms with Crippen LogP contribution in [-0.4, -0.2) is 67.9 Å². The zero-order valence-electron chi connectivity index (χ0n) is 14.0. The van der Waals surface area contributed by atoms with Crippen molar-refractivity contribution in [1.82, 2.24) is 24.6 Å². The van der Waals surface area contributed by atoms with Gasteiger partial charge in [0.25, 0.3) is 5.91 Å². The number of aromatic nitrogens is 4. The van der Waals surface area contributed by atoms with Crippen molar-refractivity contribution >= 4 is 11.9 Å². The van der Waals surface area contributed by atoms with Gasteiger partial charge < -0.3 is 14.9 Å². The molecule has 1 atom stereocenters. The molecule has 0 radical (unpaired) electrons. The molecule has 1 aliphatic rings. The molecule has 0 aliphatic carbocycles. The highest BCUT2D eigenvalue weighted by Gasteiger charge is 2.36. The monoisotopic (exact) mass is 330 g/mol. The van der Waals surface area contributed by atoms with E-state index in [1.165, 1.54) is 4.90 Å². The summed E-state index contributed by atoms with van der Waals surface area (Å²) in [5.74, 6) is 0.409. The van der Waals surface area contributed by atoms with Crippen LogP contribution in [0.1, 0.15) is 23.3 Å². The number of carbonyl (C=O) groups is 1. The third-order valence-corrected chi connectivity index (χ3v) is 4.20. The van der Waals surface area contributed by atoms with Crippen LogP contribution >= 0.6 is 0 Å². The fourth-order valence-electron chi connectivity index (χ4n) is 3.10. The van der Waals surface area contributed by atoms with Gasteiger partial charge in [-0.1, -0.05) is 0 Å². The molecule has 1 N–H and O–H groups in total. The summed E-state index contributed by atoms with van der Waals surface area (Å²) in [5, 5.41) is 15.1. The highest BCUT2D eigenvalue weighted by atomic mass is 16.3. The molecule has 0 aromatic carbocycles. The Kier molecular flexibility index (Phi) is 4.48. The number of anilines is 1. The predicted molar refractivity (Wildman–Crippen MR) is 88.6 cm³/mol. The normalized spacial score (nSPS) is 20.9. The molecule has 1 fully saturated rings. The number of likely N-dealkylation sites (N-methyl/N-ethyl adjacent to an activating group) is 1. The summed E-state index contributed by atoms with van der Waals surface area (Å²) in [4.78, 5) is 24.4. The Balaban J connectivity index is 1.67. The van der Waals surface area contributed by atoms with Gasteiger partial charge in [0.2, 0.25) is 5.95 Å². The van der Waals surface area contributed by atoms with Crippen molar-refractivity contribution in [3.05, 3.63) is 36.4 Å². The van der Waals surface area contributed by atoms with E-state index in [1.54, 1.807) is 49.5 Å². The first-order valence-corrected chi connectivity index (χ1v) is 7.96. The van der Waals surface area contributed by atoms with Crippen LogP contribution in [0, 0.1) is 0 Å². The molecular weight excluding hydrogens is 308 g/mol. The lowest BCUT2D eigenvalue weighted by molar-refractivity contribution is -0.000455. The van der Waals surface area contributed by atoms with E-state index in [4.69, 9.17) is 0 Å². The van der Waals surface area contributed by atoms with E-state index in [-0.39, 0.29) is 12.5 Å². The van der Waals surface area contributed by atoms with Crippen LogP contribution in [0.15, 0.2) is 30.7 Å². The molecule has 0 spiro atoms. The summed E-state index contributed by atoms with van der Waals surface area (Å²) < 4.78 is 1.59. The summed E-state index contributed by atoms with van der Waals surface area (Å²) in [6.07, 6.45) is 6.56. The molecule has 0 saturated carbocycles. The van der Waals surface area contributed by atoms with Crippen molar-refractivity contribution < 1.29 is 9.90 Å². The first-order valence-electron chi connectivity index (χ1n) is 7.96. The topological polar surface area (TPSA) is 87.4 Å². The lowest BCUT2D eigenvalue weighted by atomic mass is 9.92. The molecule has 1 amide bonds. The average Bonchev–Trinajstić information content (AvgIpc) is 3.01. The third-order valence-electron chi connectivity index (χ3n) is 4.20. The summed E-state index contributed by atoms with van der Waals surface area (Å²) in [5.41, 5.74) is -0.612. The maximum Gasteiger partial charge on any atom is 0.274 e. The van der Waals surface area contributed by atoms with Gasteiger partial charge in [-0.25, -0.2) is 9.97 Å². The predicted octanol–water partition coefficient (Wildman–Crippen LogP) is 0.314. The number of β-amino-alcohol motifs (C(OH)–C–C–N with tert-alkyl or cyclic N) is 1. The zero-order chi connectivity index (χ0) is 17.2. The number of hydrogen-bond acceptors (Lipinski definition) is 6. The molecule has 128 valence electrons. The Morgan fingerprint density at radius 3 is 2.83 bits per heavy atom. The molecular formula is C16H22N6O2. The zero-order valence-corrected chi connectivity index (χ0v) is 14.0. The number of amides is 1. The molecule has 3 heterocycles. The van der Waals surface area contributed by atoms with Crippen LogP contribution in [0.4, 0.5) is 5.95 Å². The van der Waals surface area contributed by atoms with E-state index < -0.39 is 5.60 Å². The van der Waals surface area contributed by atoms with E-state index in [2.05, 4.69) is 15.1 Å². The molecule has 2 aromatic rings. The molecule has 0 unspecified atom stereocenters. The Labute approximate surface area is 140 Å². The van der Waals surface area contributed by atoms with E-state index >= 15 is 0 Å². The van der Waals surface area contributed by atoms with E-state index in [9.17, 15) is 9.90 Å². The second-order valence-electron chi connectivity index (χ2n) is 6.33. The highest BCUT2D eigenvalue weighted by Crippen LogP contribution is 2.24. The summed E-state index contributed by atoms with van der Waals surface area (Å²) >= 11 is 0. The van der Waals surface area contributed by atoms with Crippen LogP contribution in [0.2, 0.25) is 0 Å². The van der Waals surface area contributed by atoms with Crippen molar-refractivity contribution in [2.45, 2.75) is 18.4 Å². The van der Waals surface area contributed by atoms with Crippen LogP contribution < -0.4 is 4.90 Å². The van der Waals surface area contributed by atoms with Gasteiger partial charge in [-0.15, -0.1) is 0 Å². The fraction of sp³-hybridized carbons (Fsp3) is 0.500. The number of aliphatic hydroxyl groups is 1. The number of rotatable bonds is 4. The van der Waals surface area contributed by atoms with Crippen molar-refractivity contribution in [1.29, 1.82) is 0 Å². The number of aryl methyl sites for hydroxylation is 1. The first kappa shape index (κ1) is 16.4. The van der Waals surface area contributed by atoms with Crippen molar-refractivity contribution in [3.8, 4) is 0 Å². The van der Waals surface area contributed by atoms with Crippen LogP contribution in [-0.2, 0) is 7.05 Å². The van der Waals surface area contributed by atoms with Gasteiger partial charge in [-0.2, -0.15) is 5.10 Å². The molecule has 2 aromatic heterocycles. The van der Waals surface area contributed by atoms with E-state index in [0.717, 1.165) is 13.0 Å². The fourth-order valence-corrected chi connectivity index (χ4v) is 3.10. The van der Waals surface area contributed by atoms with Gasteiger partial charge in [0.05, 0.1) is 18.7 Å². The number of hydrogen-bond donors (Lipinski definition) is 1. The van der Waals surface area contributed by atoms with Crippen LogP contribution in [0.25, 0.3) is 0 Å². The van der Waals surface area contributed by atoms with E-state index in [0.29, 0.717) is 24.6 Å². The first-order chi connectivity index (χ1) is 11.5. The lowest BCUT2D eigenvalue weighted by Crippen LogP contribution is -2.55. The molecule has 1 aliphatic heterocycles. The maximum atomic E-state index is 12.4. The average molecular weight is 330 g/mol. The van der Waals surface area contributed by atoms with Gasteiger partial charge >= 0.3 is 0 Å². The Morgan fingerprint density at radius 2 is 2.17 bits per heavy atom. The molecule has 24 heavy (non-hydrogen) atoms. The Bertz CT molecular complexity index is 704. The summed E-state index contributed by atoms with van der Waals surface area (Å²) in [6.45, 7) is 1.44. The molecule has 8 heteroatoms. The minimum Gasteiger partial charge on any atom is -0.386 e. The molecule has 3 rings (SSSR count). The summed E-state index contributed by atoms with van der Waals surface area (Å²) in [6, 6.07) is 3.44. The van der Waals surface area contributed by atoms with Crippen molar-refractivity contribution in [2.24, 2.45) is 7.05 Å². The standard InChI is InChI=1S/C16H22N6O2/c1-20(14(23)13-5-10-21(2)19-13)11-16(24)6-3-9-22(12-16)15-17-7-4-8-18-15/h4-5,7-8,10,24H,3,6,9,11-12H2,1-2H3/t16-/m0/s1. The van der Waals surface area contributed by atoms with Gasteiger partial charge in [0.15, 0.2) is 0 Å².